The minimum Gasteiger partial charge on any atom is -0.342 e. The molecule has 0 bridgehead atoms. The van der Waals surface area contributed by atoms with Crippen LogP contribution in [0.4, 0.5) is 13.2 Å². The average Bonchev–Trinajstić information content (AvgIpc) is 2.49. The maximum absolute atomic E-state index is 12.9. The predicted molar refractivity (Wildman–Crippen MR) is 62.0 cm³/mol. The van der Waals surface area contributed by atoms with E-state index in [4.69, 9.17) is 5.73 Å². The summed E-state index contributed by atoms with van der Waals surface area (Å²) in [6.07, 6.45) is -3.79. The Morgan fingerprint density at radius 3 is 2.44 bits per heavy atom. The molecule has 1 amide bonds. The number of nitrogens with zero attached hydrogens (tertiary/aromatic N) is 2. The number of carbonyl (C=O) groups is 1. The first-order valence-electron chi connectivity index (χ1n) is 6.12. The highest BCUT2D eigenvalue weighted by Crippen LogP contribution is 2.27. The molecule has 0 spiro atoms. The number of amides is 1. The van der Waals surface area contributed by atoms with Crippen molar-refractivity contribution in [1.82, 2.24) is 9.80 Å². The molecule has 0 aliphatic carbocycles. The van der Waals surface area contributed by atoms with E-state index >= 15 is 0 Å². The number of halogens is 3. The van der Waals surface area contributed by atoms with E-state index in [1.807, 2.05) is 0 Å². The maximum Gasteiger partial charge on any atom is 0.404 e. The average molecular weight is 267 g/mol. The van der Waals surface area contributed by atoms with Crippen LogP contribution in [-0.4, -0.2) is 60.6 Å². The van der Waals surface area contributed by atoms with Gasteiger partial charge in [-0.1, -0.05) is 0 Å². The van der Waals surface area contributed by atoms with Crippen LogP contribution < -0.4 is 5.73 Å². The van der Waals surface area contributed by atoms with Crippen LogP contribution >= 0.6 is 0 Å². The summed E-state index contributed by atoms with van der Waals surface area (Å²) in [6, 6.07) is -1.49. The molecule has 7 heteroatoms. The third kappa shape index (κ3) is 4.13. The van der Waals surface area contributed by atoms with E-state index in [1.165, 1.54) is 11.8 Å². The molecule has 0 radical (unpaired) electrons. The maximum atomic E-state index is 12.9. The van der Waals surface area contributed by atoms with Crippen LogP contribution in [0, 0.1) is 0 Å². The van der Waals surface area contributed by atoms with Crippen LogP contribution in [0.1, 0.15) is 19.8 Å². The highest BCUT2D eigenvalue weighted by molar-refractivity contribution is 5.73. The standard InChI is InChI=1S/C11H20F3N3O/c1-9(18)16-5-2-6-17(8-7-16)10(3-4-15)11(12,13)14/h10H,2-8,15H2,1H3. The van der Waals surface area contributed by atoms with Gasteiger partial charge in [-0.3, -0.25) is 9.69 Å². The summed E-state index contributed by atoms with van der Waals surface area (Å²) in [7, 11) is 0. The minimum atomic E-state index is -4.26. The zero-order valence-corrected chi connectivity index (χ0v) is 10.5. The molecule has 1 fully saturated rings. The van der Waals surface area contributed by atoms with Gasteiger partial charge >= 0.3 is 6.18 Å². The molecule has 4 nitrogen and oxygen atoms in total. The number of alkyl halides is 3. The van der Waals surface area contributed by atoms with Crippen LogP contribution in [0.25, 0.3) is 0 Å². The summed E-state index contributed by atoms with van der Waals surface area (Å²) in [6.45, 7) is 2.94. The molecule has 1 aliphatic rings. The zero-order chi connectivity index (χ0) is 13.8. The first-order valence-corrected chi connectivity index (χ1v) is 6.12. The predicted octanol–water partition coefficient (Wildman–Crippen LogP) is 0.820. The van der Waals surface area contributed by atoms with Crippen molar-refractivity contribution in [3.63, 3.8) is 0 Å². The molecule has 0 aromatic rings. The molecule has 1 rings (SSSR count). The molecule has 1 atom stereocenters. The summed E-state index contributed by atoms with van der Waals surface area (Å²) >= 11 is 0. The van der Waals surface area contributed by atoms with Gasteiger partial charge in [0.25, 0.3) is 0 Å². The number of rotatable bonds is 3. The molecule has 1 saturated heterocycles. The van der Waals surface area contributed by atoms with Gasteiger partial charge in [-0.05, 0) is 19.4 Å². The minimum absolute atomic E-state index is 0.0110. The molecular weight excluding hydrogens is 247 g/mol. The van der Waals surface area contributed by atoms with Crippen LogP contribution in [-0.2, 0) is 4.79 Å². The summed E-state index contributed by atoms with van der Waals surface area (Å²) in [5.41, 5.74) is 5.26. The Labute approximate surface area is 105 Å². The second-order valence-corrected chi connectivity index (χ2v) is 4.53. The molecule has 1 aliphatic heterocycles. The third-order valence-electron chi connectivity index (χ3n) is 3.23. The smallest absolute Gasteiger partial charge is 0.342 e. The van der Waals surface area contributed by atoms with E-state index in [2.05, 4.69) is 0 Å². The van der Waals surface area contributed by atoms with Crippen LogP contribution in [0.5, 0.6) is 0 Å². The van der Waals surface area contributed by atoms with Crippen molar-refractivity contribution >= 4 is 5.91 Å². The van der Waals surface area contributed by atoms with Crippen molar-refractivity contribution in [1.29, 1.82) is 0 Å². The van der Waals surface area contributed by atoms with Crippen molar-refractivity contribution in [2.24, 2.45) is 5.73 Å². The topological polar surface area (TPSA) is 49.6 Å². The fourth-order valence-electron chi connectivity index (χ4n) is 2.28. The van der Waals surface area contributed by atoms with E-state index in [1.54, 1.807) is 4.90 Å². The lowest BCUT2D eigenvalue weighted by molar-refractivity contribution is -0.184. The van der Waals surface area contributed by atoms with Gasteiger partial charge in [0.15, 0.2) is 0 Å². The summed E-state index contributed by atoms with van der Waals surface area (Å²) < 4.78 is 38.7. The van der Waals surface area contributed by atoms with Gasteiger partial charge in [0.1, 0.15) is 6.04 Å². The van der Waals surface area contributed by atoms with Crippen molar-refractivity contribution in [2.45, 2.75) is 32.0 Å². The van der Waals surface area contributed by atoms with Gasteiger partial charge in [0, 0.05) is 33.1 Å². The lowest BCUT2D eigenvalue weighted by Crippen LogP contribution is -2.48. The highest BCUT2D eigenvalue weighted by atomic mass is 19.4. The monoisotopic (exact) mass is 267 g/mol. The Morgan fingerprint density at radius 1 is 1.28 bits per heavy atom. The number of carbonyl (C=O) groups excluding carboxylic acids is 1. The van der Waals surface area contributed by atoms with E-state index < -0.39 is 12.2 Å². The number of hydrogen-bond acceptors (Lipinski definition) is 3. The molecule has 1 heterocycles. The van der Waals surface area contributed by atoms with E-state index in [0.29, 0.717) is 26.1 Å². The van der Waals surface area contributed by atoms with Gasteiger partial charge in [0.05, 0.1) is 0 Å². The summed E-state index contributed by atoms with van der Waals surface area (Å²) in [5.74, 6) is -0.0840. The molecule has 0 aromatic heterocycles. The van der Waals surface area contributed by atoms with Gasteiger partial charge in [-0.15, -0.1) is 0 Å². The van der Waals surface area contributed by atoms with Gasteiger partial charge in [0.2, 0.25) is 5.91 Å². The second kappa shape index (κ2) is 6.38. The molecular formula is C11H20F3N3O. The molecule has 1 unspecified atom stereocenters. The second-order valence-electron chi connectivity index (χ2n) is 4.53. The Kier molecular flexibility index (Phi) is 5.40. The van der Waals surface area contributed by atoms with E-state index in [-0.39, 0.29) is 25.4 Å². The summed E-state index contributed by atoms with van der Waals surface area (Å²) in [5, 5.41) is 0. The van der Waals surface area contributed by atoms with Gasteiger partial charge in [-0.25, -0.2) is 0 Å². The molecule has 2 N–H and O–H groups in total. The van der Waals surface area contributed by atoms with Gasteiger partial charge in [-0.2, -0.15) is 13.2 Å². The van der Waals surface area contributed by atoms with Crippen LogP contribution in [0.3, 0.4) is 0 Å². The van der Waals surface area contributed by atoms with E-state index in [0.717, 1.165) is 0 Å². The fraction of sp³-hybridized carbons (Fsp3) is 0.909. The summed E-state index contributed by atoms with van der Waals surface area (Å²) in [4.78, 5) is 14.2. The first-order chi connectivity index (χ1) is 8.36. The van der Waals surface area contributed by atoms with Crippen molar-refractivity contribution in [3.8, 4) is 0 Å². The Morgan fingerprint density at radius 2 is 1.94 bits per heavy atom. The van der Waals surface area contributed by atoms with Crippen molar-refractivity contribution in [2.75, 3.05) is 32.7 Å². The lowest BCUT2D eigenvalue weighted by Gasteiger charge is -2.31. The molecule has 106 valence electrons. The Hall–Kier alpha value is -0.820. The number of nitrogens with two attached hydrogens (primary N) is 1. The SMILES string of the molecule is CC(=O)N1CCCN(C(CCN)C(F)(F)F)CC1. The first kappa shape index (κ1) is 15.2. The molecule has 0 aromatic carbocycles. The van der Waals surface area contributed by atoms with Crippen molar-refractivity contribution < 1.29 is 18.0 Å². The normalized spacial score (nSPS) is 20.6. The molecule has 0 saturated carbocycles. The third-order valence-corrected chi connectivity index (χ3v) is 3.23. The largest absolute Gasteiger partial charge is 0.404 e. The Balaban J connectivity index is 2.67. The number of hydrogen-bond donors (Lipinski definition) is 1. The van der Waals surface area contributed by atoms with Crippen LogP contribution in [0.2, 0.25) is 0 Å². The highest BCUT2D eigenvalue weighted by Gasteiger charge is 2.43. The Bertz CT molecular complexity index is 283. The van der Waals surface area contributed by atoms with E-state index in [9.17, 15) is 18.0 Å². The quantitative estimate of drug-likeness (QED) is 0.823. The molecule has 18 heavy (non-hydrogen) atoms. The van der Waals surface area contributed by atoms with Gasteiger partial charge < -0.3 is 10.6 Å². The zero-order valence-electron chi connectivity index (χ0n) is 10.5. The lowest BCUT2D eigenvalue weighted by atomic mass is 10.1. The van der Waals surface area contributed by atoms with Crippen molar-refractivity contribution in [3.05, 3.63) is 0 Å². The van der Waals surface area contributed by atoms with Crippen LogP contribution in [0.15, 0.2) is 0 Å². The fourth-order valence-corrected chi connectivity index (χ4v) is 2.28.